The van der Waals surface area contributed by atoms with E-state index in [0.29, 0.717) is 32.7 Å². The predicted molar refractivity (Wildman–Crippen MR) is 104 cm³/mol. The molecule has 0 spiro atoms. The third-order valence-electron chi connectivity index (χ3n) is 3.98. The van der Waals surface area contributed by atoms with E-state index >= 15 is 0 Å². The van der Waals surface area contributed by atoms with E-state index < -0.39 is 11.1 Å². The minimum atomic E-state index is -0.413. The minimum absolute atomic E-state index is 0.304. The highest BCUT2D eigenvalue weighted by Gasteiger charge is 2.37. The van der Waals surface area contributed by atoms with Crippen LogP contribution in [0.25, 0.3) is 6.08 Å². The number of ether oxygens (including phenoxy) is 2. The van der Waals surface area contributed by atoms with Crippen molar-refractivity contribution in [1.82, 2.24) is 0 Å². The fraction of sp³-hybridized carbons (Fsp3) is 0.158. The van der Waals surface area contributed by atoms with E-state index in [1.807, 2.05) is 6.92 Å². The SMILES string of the molecule is COc1ccc(C=C2SC(=O)N(c3ccccc3Cl)C2=O)c(OC)c1C. The largest absolute Gasteiger partial charge is 0.496 e. The van der Waals surface area contributed by atoms with Crippen molar-refractivity contribution in [2.75, 3.05) is 19.1 Å². The Morgan fingerprint density at radius 1 is 1.08 bits per heavy atom. The van der Waals surface area contributed by atoms with Gasteiger partial charge in [-0.3, -0.25) is 9.59 Å². The van der Waals surface area contributed by atoms with Crippen molar-refractivity contribution in [3.63, 3.8) is 0 Å². The molecular formula is C19H16ClNO4S. The quantitative estimate of drug-likeness (QED) is 0.695. The number of thioether (sulfide) groups is 1. The number of rotatable bonds is 4. The summed E-state index contributed by atoms with van der Waals surface area (Å²) in [7, 11) is 3.13. The van der Waals surface area contributed by atoms with Crippen molar-refractivity contribution in [2.45, 2.75) is 6.92 Å². The van der Waals surface area contributed by atoms with E-state index in [9.17, 15) is 9.59 Å². The molecule has 1 aliphatic heterocycles. The van der Waals surface area contributed by atoms with Gasteiger partial charge in [0.1, 0.15) is 11.5 Å². The summed E-state index contributed by atoms with van der Waals surface area (Å²) in [6.45, 7) is 1.87. The topological polar surface area (TPSA) is 55.8 Å². The number of methoxy groups -OCH3 is 2. The van der Waals surface area contributed by atoms with E-state index in [4.69, 9.17) is 21.1 Å². The molecule has 0 atom stereocenters. The molecule has 0 saturated carbocycles. The predicted octanol–water partition coefficient (Wildman–Crippen LogP) is 4.91. The Balaban J connectivity index is 2.02. The lowest BCUT2D eigenvalue weighted by Crippen LogP contribution is -2.27. The van der Waals surface area contributed by atoms with Crippen molar-refractivity contribution in [3.05, 3.63) is 57.5 Å². The number of amides is 2. The van der Waals surface area contributed by atoms with Gasteiger partial charge in [0.25, 0.3) is 11.1 Å². The number of anilines is 1. The van der Waals surface area contributed by atoms with Crippen LogP contribution in [0.2, 0.25) is 5.02 Å². The average molecular weight is 390 g/mol. The van der Waals surface area contributed by atoms with Gasteiger partial charge >= 0.3 is 0 Å². The van der Waals surface area contributed by atoms with Gasteiger partial charge in [0.2, 0.25) is 0 Å². The number of imide groups is 1. The first-order valence-electron chi connectivity index (χ1n) is 7.72. The molecule has 0 bridgehead atoms. The molecule has 5 nitrogen and oxygen atoms in total. The first kappa shape index (κ1) is 18.4. The summed E-state index contributed by atoms with van der Waals surface area (Å²) in [5, 5.41) is -0.0486. The molecule has 0 aromatic heterocycles. The smallest absolute Gasteiger partial charge is 0.298 e. The molecule has 1 saturated heterocycles. The van der Waals surface area contributed by atoms with Gasteiger partial charge in [-0.25, -0.2) is 4.90 Å². The minimum Gasteiger partial charge on any atom is -0.496 e. The molecule has 3 rings (SSSR count). The van der Waals surface area contributed by atoms with Crippen LogP contribution in [-0.4, -0.2) is 25.4 Å². The fourth-order valence-corrected chi connectivity index (χ4v) is 3.80. The van der Waals surface area contributed by atoms with Crippen molar-refractivity contribution >= 4 is 46.3 Å². The first-order chi connectivity index (χ1) is 12.5. The van der Waals surface area contributed by atoms with Gasteiger partial charge in [-0.2, -0.15) is 0 Å². The van der Waals surface area contributed by atoms with E-state index in [0.717, 1.165) is 22.2 Å². The zero-order valence-corrected chi connectivity index (χ0v) is 16.0. The lowest BCUT2D eigenvalue weighted by molar-refractivity contribution is -0.113. The second-order valence-electron chi connectivity index (χ2n) is 5.48. The van der Waals surface area contributed by atoms with Gasteiger partial charge in [0.05, 0.1) is 29.8 Å². The molecule has 134 valence electrons. The molecule has 1 aliphatic rings. The lowest BCUT2D eigenvalue weighted by atomic mass is 10.1. The Bertz CT molecular complexity index is 926. The number of hydrogen-bond acceptors (Lipinski definition) is 5. The van der Waals surface area contributed by atoms with E-state index in [-0.39, 0.29) is 0 Å². The Morgan fingerprint density at radius 3 is 2.46 bits per heavy atom. The van der Waals surface area contributed by atoms with Crippen molar-refractivity contribution in [1.29, 1.82) is 0 Å². The van der Waals surface area contributed by atoms with E-state index in [1.54, 1.807) is 56.7 Å². The first-order valence-corrected chi connectivity index (χ1v) is 8.91. The molecule has 1 fully saturated rings. The van der Waals surface area contributed by atoms with Crippen LogP contribution in [0.1, 0.15) is 11.1 Å². The van der Waals surface area contributed by atoms with Crippen LogP contribution in [0, 0.1) is 6.92 Å². The Hall–Kier alpha value is -2.44. The summed E-state index contributed by atoms with van der Waals surface area (Å²) >= 11 is 7.00. The Morgan fingerprint density at radius 2 is 1.81 bits per heavy atom. The maximum absolute atomic E-state index is 12.8. The van der Waals surface area contributed by atoms with Crippen LogP contribution in [0.15, 0.2) is 41.3 Å². The molecule has 2 aromatic carbocycles. The summed E-state index contributed by atoms with van der Waals surface area (Å²) in [4.78, 5) is 26.5. The summed E-state index contributed by atoms with van der Waals surface area (Å²) < 4.78 is 10.7. The summed E-state index contributed by atoms with van der Waals surface area (Å²) in [6.07, 6.45) is 1.65. The molecule has 26 heavy (non-hydrogen) atoms. The average Bonchev–Trinajstić information content (AvgIpc) is 2.90. The molecule has 2 aromatic rings. The molecule has 2 amide bonds. The summed E-state index contributed by atoms with van der Waals surface area (Å²) in [5.74, 6) is 0.862. The molecule has 0 unspecified atom stereocenters. The maximum atomic E-state index is 12.8. The lowest BCUT2D eigenvalue weighted by Gasteiger charge is -2.14. The maximum Gasteiger partial charge on any atom is 0.298 e. The number of benzene rings is 2. The van der Waals surface area contributed by atoms with Crippen LogP contribution in [-0.2, 0) is 4.79 Å². The van der Waals surface area contributed by atoms with Gasteiger partial charge in [0, 0.05) is 11.1 Å². The molecule has 7 heteroatoms. The highest BCUT2D eigenvalue weighted by Crippen LogP contribution is 2.40. The summed E-state index contributed by atoms with van der Waals surface area (Å²) in [6, 6.07) is 10.3. The van der Waals surface area contributed by atoms with Gasteiger partial charge in [-0.15, -0.1) is 0 Å². The van der Waals surface area contributed by atoms with Crippen LogP contribution in [0.3, 0.4) is 0 Å². The third-order valence-corrected chi connectivity index (χ3v) is 5.17. The molecule has 0 aliphatic carbocycles. The number of para-hydroxylation sites is 1. The van der Waals surface area contributed by atoms with Gasteiger partial charge in [0.15, 0.2) is 0 Å². The van der Waals surface area contributed by atoms with Crippen LogP contribution >= 0.6 is 23.4 Å². The standard InChI is InChI=1S/C19H16ClNO4S/c1-11-15(24-2)9-8-12(17(11)25-3)10-16-18(22)21(19(23)26-16)14-7-5-4-6-13(14)20/h4-10H,1-3H3. The molecule has 0 radical (unpaired) electrons. The number of nitrogens with zero attached hydrogens (tertiary/aromatic N) is 1. The monoisotopic (exact) mass is 389 g/mol. The molecule has 1 heterocycles. The zero-order valence-electron chi connectivity index (χ0n) is 14.4. The fourth-order valence-electron chi connectivity index (χ4n) is 2.75. The van der Waals surface area contributed by atoms with Gasteiger partial charge < -0.3 is 9.47 Å². The Labute approximate surface area is 160 Å². The summed E-state index contributed by atoms with van der Waals surface area (Å²) in [5.41, 5.74) is 1.88. The zero-order chi connectivity index (χ0) is 18.8. The number of carbonyl (C=O) groups excluding carboxylic acids is 2. The molecule has 0 N–H and O–H groups in total. The normalized spacial score (nSPS) is 15.7. The van der Waals surface area contributed by atoms with E-state index in [2.05, 4.69) is 0 Å². The van der Waals surface area contributed by atoms with Crippen LogP contribution in [0.4, 0.5) is 10.5 Å². The van der Waals surface area contributed by atoms with Gasteiger partial charge in [-0.1, -0.05) is 23.7 Å². The Kier molecular flexibility index (Phi) is 5.25. The number of halogens is 1. The second kappa shape index (κ2) is 7.43. The second-order valence-corrected chi connectivity index (χ2v) is 6.88. The van der Waals surface area contributed by atoms with Crippen LogP contribution < -0.4 is 14.4 Å². The van der Waals surface area contributed by atoms with Gasteiger partial charge in [-0.05, 0) is 49.0 Å². The highest BCUT2D eigenvalue weighted by atomic mass is 35.5. The van der Waals surface area contributed by atoms with E-state index in [1.165, 1.54) is 0 Å². The molecular weight excluding hydrogens is 374 g/mol. The van der Waals surface area contributed by atoms with Crippen molar-refractivity contribution in [3.8, 4) is 11.5 Å². The highest BCUT2D eigenvalue weighted by molar-refractivity contribution is 8.19. The number of hydrogen-bond donors (Lipinski definition) is 0. The third kappa shape index (κ3) is 3.18. The van der Waals surface area contributed by atoms with Crippen LogP contribution in [0.5, 0.6) is 11.5 Å². The number of carbonyl (C=O) groups is 2. The van der Waals surface area contributed by atoms with Crippen molar-refractivity contribution < 1.29 is 19.1 Å². The van der Waals surface area contributed by atoms with Crippen molar-refractivity contribution in [2.24, 2.45) is 0 Å².